The molecule has 0 spiro atoms. The van der Waals surface area contributed by atoms with Crippen molar-refractivity contribution >= 4 is 5.97 Å². The topological polar surface area (TPSA) is 57.5 Å². The Morgan fingerprint density at radius 1 is 1.47 bits per heavy atom. The van der Waals surface area contributed by atoms with Crippen LogP contribution in [0.5, 0.6) is 0 Å². The molecule has 1 saturated carbocycles. The fourth-order valence-electron chi connectivity index (χ4n) is 3.32. The van der Waals surface area contributed by atoms with E-state index in [-0.39, 0.29) is 11.5 Å². The molecule has 2 N–H and O–H groups in total. The molecule has 2 aliphatic rings. The zero-order valence-corrected chi connectivity index (χ0v) is 10.5. The van der Waals surface area contributed by atoms with Crippen molar-refractivity contribution in [1.82, 2.24) is 0 Å². The molecule has 0 aliphatic heterocycles. The van der Waals surface area contributed by atoms with E-state index in [1.807, 2.05) is 6.92 Å². The van der Waals surface area contributed by atoms with Crippen molar-refractivity contribution in [2.24, 2.45) is 5.41 Å². The molecule has 0 aromatic carbocycles. The Morgan fingerprint density at radius 2 is 2.18 bits per heavy atom. The molecule has 1 fully saturated rings. The molecule has 17 heavy (non-hydrogen) atoms. The summed E-state index contributed by atoms with van der Waals surface area (Å²) < 4.78 is 0. The first-order valence-electron chi connectivity index (χ1n) is 6.27. The summed E-state index contributed by atoms with van der Waals surface area (Å²) in [7, 11) is 0. The average molecular weight is 236 g/mol. The van der Waals surface area contributed by atoms with Crippen LogP contribution in [0.15, 0.2) is 22.8 Å². The number of allylic oxidation sites excluding steroid dienone is 2. The third-order valence-corrected chi connectivity index (χ3v) is 4.47. The van der Waals surface area contributed by atoms with Gasteiger partial charge in [0.1, 0.15) is 0 Å². The summed E-state index contributed by atoms with van der Waals surface area (Å²) in [6, 6.07) is 0. The normalized spacial score (nSPS) is 35.9. The lowest BCUT2D eigenvalue weighted by Crippen LogP contribution is -2.40. The molecule has 0 aromatic heterocycles. The Kier molecular flexibility index (Phi) is 3.13. The molecule has 2 atom stereocenters. The van der Waals surface area contributed by atoms with Crippen LogP contribution < -0.4 is 0 Å². The van der Waals surface area contributed by atoms with Gasteiger partial charge in [-0.3, -0.25) is 0 Å². The number of carbonyl (C=O) groups is 1. The smallest absolute Gasteiger partial charge is 0.328 e. The molecule has 3 heteroatoms. The highest BCUT2D eigenvalue weighted by Crippen LogP contribution is 2.50. The second kappa shape index (κ2) is 4.30. The van der Waals surface area contributed by atoms with Crippen molar-refractivity contribution in [3.8, 4) is 0 Å². The van der Waals surface area contributed by atoms with Crippen molar-refractivity contribution in [1.29, 1.82) is 0 Å². The van der Waals surface area contributed by atoms with Crippen LogP contribution in [-0.4, -0.2) is 22.3 Å². The maximum absolute atomic E-state index is 10.8. The molecule has 2 aliphatic carbocycles. The minimum atomic E-state index is -0.875. The lowest BCUT2D eigenvalue weighted by molar-refractivity contribution is -0.131. The number of fused-ring (bicyclic) bond motifs is 1. The van der Waals surface area contributed by atoms with Crippen LogP contribution in [0.2, 0.25) is 0 Å². The second-order valence-corrected chi connectivity index (χ2v) is 5.44. The molecular weight excluding hydrogens is 216 g/mol. The van der Waals surface area contributed by atoms with Crippen LogP contribution in [0.3, 0.4) is 0 Å². The fourth-order valence-corrected chi connectivity index (χ4v) is 3.32. The minimum absolute atomic E-state index is 0.127. The largest absolute Gasteiger partial charge is 0.478 e. The number of aliphatic carboxylic acids is 1. The van der Waals surface area contributed by atoms with Crippen molar-refractivity contribution in [3.63, 3.8) is 0 Å². The predicted octanol–water partition coefficient (Wildman–Crippen LogP) is 2.66. The number of hydrogen-bond donors (Lipinski definition) is 2. The molecule has 0 heterocycles. The van der Waals surface area contributed by atoms with Gasteiger partial charge >= 0.3 is 5.97 Å². The maximum Gasteiger partial charge on any atom is 0.328 e. The standard InChI is InChI=1S/C14H20O3/c1-9-10(8-13(16)17)6-7-14(2)11(9)4-3-5-12(14)15/h8,12,15H,3-7H2,1-2H3,(H,16,17)/t12-,14-/m0/s1. The molecule has 0 aromatic rings. The molecular formula is C14H20O3. The number of rotatable bonds is 1. The Bertz CT molecular complexity index is 406. The summed E-state index contributed by atoms with van der Waals surface area (Å²) in [5, 5.41) is 19.0. The van der Waals surface area contributed by atoms with Crippen LogP contribution in [0.4, 0.5) is 0 Å². The van der Waals surface area contributed by atoms with Crippen molar-refractivity contribution in [2.75, 3.05) is 0 Å². The van der Waals surface area contributed by atoms with Gasteiger partial charge < -0.3 is 10.2 Å². The third-order valence-electron chi connectivity index (χ3n) is 4.47. The van der Waals surface area contributed by atoms with Crippen LogP contribution >= 0.6 is 0 Å². The summed E-state index contributed by atoms with van der Waals surface area (Å²) >= 11 is 0. The van der Waals surface area contributed by atoms with Crippen molar-refractivity contribution < 1.29 is 15.0 Å². The summed E-state index contributed by atoms with van der Waals surface area (Å²) in [6.45, 7) is 4.12. The lowest BCUT2D eigenvalue weighted by atomic mass is 9.61. The van der Waals surface area contributed by atoms with Gasteiger partial charge in [0.15, 0.2) is 0 Å². The molecule has 0 unspecified atom stereocenters. The molecule has 0 amide bonds. The predicted molar refractivity (Wildman–Crippen MR) is 65.6 cm³/mol. The Labute approximate surface area is 102 Å². The van der Waals surface area contributed by atoms with Gasteiger partial charge in [-0.25, -0.2) is 4.79 Å². The van der Waals surface area contributed by atoms with E-state index in [1.165, 1.54) is 11.6 Å². The van der Waals surface area contributed by atoms with Gasteiger partial charge in [0.25, 0.3) is 0 Å². The van der Waals surface area contributed by atoms with Gasteiger partial charge in [-0.05, 0) is 50.2 Å². The van der Waals surface area contributed by atoms with Crippen LogP contribution in [0.25, 0.3) is 0 Å². The van der Waals surface area contributed by atoms with Gasteiger partial charge in [-0.15, -0.1) is 0 Å². The Hall–Kier alpha value is -1.09. The number of hydrogen-bond acceptors (Lipinski definition) is 2. The van der Waals surface area contributed by atoms with E-state index < -0.39 is 5.97 Å². The zero-order valence-electron chi connectivity index (χ0n) is 10.5. The number of carboxylic acids is 1. The molecule has 0 bridgehead atoms. The first kappa shape index (κ1) is 12.4. The van der Waals surface area contributed by atoms with E-state index in [2.05, 4.69) is 6.92 Å². The van der Waals surface area contributed by atoms with Crippen molar-refractivity contribution in [3.05, 3.63) is 22.8 Å². The molecule has 0 saturated heterocycles. The van der Waals surface area contributed by atoms with E-state index in [0.29, 0.717) is 0 Å². The average Bonchev–Trinajstić information content (AvgIpc) is 2.25. The van der Waals surface area contributed by atoms with E-state index in [1.54, 1.807) is 0 Å². The molecule has 2 rings (SSSR count). The van der Waals surface area contributed by atoms with E-state index in [9.17, 15) is 9.90 Å². The minimum Gasteiger partial charge on any atom is -0.478 e. The van der Waals surface area contributed by atoms with Crippen LogP contribution in [0.1, 0.15) is 46.0 Å². The zero-order chi connectivity index (χ0) is 12.6. The summed E-state index contributed by atoms with van der Waals surface area (Å²) in [5.41, 5.74) is 3.17. The molecule has 3 nitrogen and oxygen atoms in total. The first-order chi connectivity index (χ1) is 7.95. The molecule has 0 radical (unpaired) electrons. The summed E-state index contributed by atoms with van der Waals surface area (Å²) in [4.78, 5) is 10.8. The Morgan fingerprint density at radius 3 is 2.82 bits per heavy atom. The highest BCUT2D eigenvalue weighted by molar-refractivity contribution is 5.82. The molecule has 94 valence electrons. The Balaban J connectivity index is 2.43. The number of aliphatic hydroxyl groups is 1. The van der Waals surface area contributed by atoms with Gasteiger partial charge in [0, 0.05) is 11.5 Å². The second-order valence-electron chi connectivity index (χ2n) is 5.44. The number of carboxylic acid groups (broad SMARTS) is 1. The number of aliphatic hydroxyl groups excluding tert-OH is 1. The van der Waals surface area contributed by atoms with Gasteiger partial charge in [0.2, 0.25) is 0 Å². The third kappa shape index (κ3) is 2.04. The van der Waals surface area contributed by atoms with Crippen molar-refractivity contribution in [2.45, 2.75) is 52.1 Å². The highest BCUT2D eigenvalue weighted by atomic mass is 16.4. The SMILES string of the molecule is CC1=C2CCC[C@H](O)[C@@]2(C)CCC1=CC(=O)O. The van der Waals surface area contributed by atoms with Crippen LogP contribution in [-0.2, 0) is 4.79 Å². The fraction of sp³-hybridized carbons (Fsp3) is 0.643. The summed E-state index contributed by atoms with van der Waals surface area (Å²) in [6.07, 6.45) is 5.54. The lowest BCUT2D eigenvalue weighted by Gasteiger charge is -2.45. The van der Waals surface area contributed by atoms with E-state index >= 15 is 0 Å². The van der Waals surface area contributed by atoms with E-state index in [0.717, 1.165) is 43.3 Å². The van der Waals surface area contributed by atoms with Gasteiger partial charge in [-0.2, -0.15) is 0 Å². The maximum atomic E-state index is 10.8. The first-order valence-corrected chi connectivity index (χ1v) is 6.27. The van der Waals surface area contributed by atoms with Gasteiger partial charge in [-0.1, -0.05) is 12.5 Å². The monoisotopic (exact) mass is 236 g/mol. The highest BCUT2D eigenvalue weighted by Gasteiger charge is 2.42. The quantitative estimate of drug-likeness (QED) is 0.688. The van der Waals surface area contributed by atoms with Crippen LogP contribution in [0, 0.1) is 5.41 Å². The summed E-state index contributed by atoms with van der Waals surface area (Å²) in [5.74, 6) is -0.875. The van der Waals surface area contributed by atoms with Gasteiger partial charge in [0.05, 0.1) is 6.10 Å². The van der Waals surface area contributed by atoms with E-state index in [4.69, 9.17) is 5.11 Å².